The van der Waals surface area contributed by atoms with Crippen LogP contribution < -0.4 is 15.4 Å². The molecule has 3 fully saturated rings. The van der Waals surface area contributed by atoms with Crippen LogP contribution >= 0.6 is 24.0 Å². The third kappa shape index (κ3) is 3.86. The molecule has 0 aromatic heterocycles. The zero-order valence-electron chi connectivity index (χ0n) is 17.3. The molecule has 0 radical (unpaired) electrons. The Labute approximate surface area is 186 Å². The van der Waals surface area contributed by atoms with Crippen LogP contribution in [0, 0.1) is 18.3 Å². The van der Waals surface area contributed by atoms with E-state index >= 15 is 0 Å². The molecule has 1 saturated heterocycles. The van der Waals surface area contributed by atoms with Crippen LogP contribution in [0.25, 0.3) is 0 Å². The minimum Gasteiger partial charge on any atom is -0.496 e. The van der Waals surface area contributed by atoms with Crippen molar-refractivity contribution in [3.63, 3.8) is 0 Å². The number of halogens is 1. The largest absolute Gasteiger partial charge is 0.496 e. The molecular weight excluding hydrogens is 465 g/mol. The van der Waals surface area contributed by atoms with Crippen molar-refractivity contribution in [3.05, 3.63) is 29.3 Å². The molecule has 3 atom stereocenters. The maximum Gasteiger partial charge on any atom is 0.191 e. The van der Waals surface area contributed by atoms with Crippen LogP contribution in [-0.2, 0) is 11.2 Å². The number of guanidine groups is 1. The second-order valence-corrected chi connectivity index (χ2v) is 8.36. The highest BCUT2D eigenvalue weighted by molar-refractivity contribution is 14.0. The van der Waals surface area contributed by atoms with Crippen molar-refractivity contribution in [3.8, 4) is 5.75 Å². The van der Waals surface area contributed by atoms with Crippen LogP contribution in [0.1, 0.15) is 43.2 Å². The topological polar surface area (TPSA) is 54.9 Å². The molecule has 156 valence electrons. The summed E-state index contributed by atoms with van der Waals surface area (Å²) in [5, 5.41) is 7.27. The van der Waals surface area contributed by atoms with Crippen molar-refractivity contribution in [2.75, 3.05) is 27.3 Å². The van der Waals surface area contributed by atoms with Crippen LogP contribution in [0.4, 0.5) is 0 Å². The van der Waals surface area contributed by atoms with E-state index in [1.165, 1.54) is 43.2 Å². The van der Waals surface area contributed by atoms with Crippen molar-refractivity contribution in [2.24, 2.45) is 16.3 Å². The van der Waals surface area contributed by atoms with Gasteiger partial charge in [-0.05, 0) is 49.8 Å². The van der Waals surface area contributed by atoms with Gasteiger partial charge in [0.15, 0.2) is 5.96 Å². The summed E-state index contributed by atoms with van der Waals surface area (Å²) in [7, 11) is 3.60. The Kier molecular flexibility index (Phi) is 7.12. The number of rotatable bonds is 5. The highest BCUT2D eigenvalue weighted by Crippen LogP contribution is 2.60. The van der Waals surface area contributed by atoms with Gasteiger partial charge >= 0.3 is 0 Å². The Morgan fingerprint density at radius 2 is 2.11 bits per heavy atom. The number of fused-ring (bicyclic) bond motifs is 2. The van der Waals surface area contributed by atoms with Gasteiger partial charge < -0.3 is 20.1 Å². The summed E-state index contributed by atoms with van der Waals surface area (Å²) < 4.78 is 11.5. The van der Waals surface area contributed by atoms with Crippen LogP contribution in [0.2, 0.25) is 0 Å². The fourth-order valence-electron chi connectivity index (χ4n) is 5.59. The third-order valence-electron chi connectivity index (χ3n) is 6.98. The molecule has 5 nitrogen and oxygen atoms in total. The van der Waals surface area contributed by atoms with Gasteiger partial charge in [-0.15, -0.1) is 24.0 Å². The lowest BCUT2D eigenvalue weighted by atomic mass is 9.54. The standard InChI is InChI=1S/C22H33N3O2.HI/c1-15-6-7-16(14-18(15)26-3)8-12-24-21(23-2)25-19-17-9-13-27-20(17)22(19)10-4-5-11-22;/h6-7,14,17,19-20H,4-5,8-13H2,1-3H3,(H2,23,24,25);1H. The third-order valence-corrected chi connectivity index (χ3v) is 6.98. The van der Waals surface area contributed by atoms with Gasteiger partial charge in [0.05, 0.1) is 13.2 Å². The summed E-state index contributed by atoms with van der Waals surface area (Å²) in [6, 6.07) is 6.95. The molecule has 0 amide bonds. The second-order valence-electron chi connectivity index (χ2n) is 8.36. The Morgan fingerprint density at radius 1 is 1.32 bits per heavy atom. The summed E-state index contributed by atoms with van der Waals surface area (Å²) in [6.45, 7) is 3.86. The Hall–Kier alpha value is -1.02. The minimum absolute atomic E-state index is 0. The predicted molar refractivity (Wildman–Crippen MR) is 124 cm³/mol. The number of benzene rings is 1. The molecule has 4 rings (SSSR count). The van der Waals surface area contributed by atoms with Gasteiger partial charge in [-0.3, -0.25) is 4.99 Å². The molecule has 28 heavy (non-hydrogen) atoms. The van der Waals surface area contributed by atoms with E-state index in [4.69, 9.17) is 9.47 Å². The number of aliphatic imine (C=N–C) groups is 1. The lowest BCUT2D eigenvalue weighted by Crippen LogP contribution is -2.69. The molecule has 3 unspecified atom stereocenters. The summed E-state index contributed by atoms with van der Waals surface area (Å²) in [4.78, 5) is 4.49. The Bertz CT molecular complexity index is 703. The molecule has 6 heteroatoms. The van der Waals surface area contributed by atoms with E-state index in [9.17, 15) is 0 Å². The maximum atomic E-state index is 6.09. The SMILES string of the molecule is CN=C(NCCc1ccc(C)c(OC)c1)NC1C2CCOC2C12CCCC2.I. The van der Waals surface area contributed by atoms with E-state index in [0.717, 1.165) is 31.3 Å². The highest BCUT2D eigenvalue weighted by Gasteiger charge is 2.65. The molecule has 1 aliphatic heterocycles. The zero-order valence-corrected chi connectivity index (χ0v) is 19.6. The van der Waals surface area contributed by atoms with Crippen molar-refractivity contribution in [2.45, 2.75) is 57.6 Å². The van der Waals surface area contributed by atoms with Gasteiger partial charge in [-0.25, -0.2) is 0 Å². The number of nitrogens with one attached hydrogen (secondary N) is 2. The van der Waals surface area contributed by atoms with Crippen molar-refractivity contribution in [1.29, 1.82) is 0 Å². The van der Waals surface area contributed by atoms with Gasteiger partial charge in [0.1, 0.15) is 5.75 Å². The van der Waals surface area contributed by atoms with Gasteiger partial charge in [-0.1, -0.05) is 25.0 Å². The second kappa shape index (κ2) is 9.20. The first-order valence-electron chi connectivity index (χ1n) is 10.4. The molecule has 3 aliphatic rings. The summed E-state index contributed by atoms with van der Waals surface area (Å²) >= 11 is 0. The average molecular weight is 499 g/mol. The summed E-state index contributed by atoms with van der Waals surface area (Å²) in [5.41, 5.74) is 2.80. The first-order chi connectivity index (χ1) is 13.2. The molecule has 1 aromatic rings. The van der Waals surface area contributed by atoms with Crippen LogP contribution in [0.3, 0.4) is 0 Å². The molecule has 2 aliphatic carbocycles. The first-order valence-corrected chi connectivity index (χ1v) is 10.4. The van der Waals surface area contributed by atoms with E-state index in [1.54, 1.807) is 7.11 Å². The quantitative estimate of drug-likeness (QED) is 0.369. The number of methoxy groups -OCH3 is 1. The van der Waals surface area contributed by atoms with Gasteiger partial charge in [0.2, 0.25) is 0 Å². The number of aryl methyl sites for hydroxylation is 1. The number of ether oxygens (including phenoxy) is 2. The minimum atomic E-state index is 0. The van der Waals surface area contributed by atoms with Crippen molar-refractivity contribution < 1.29 is 9.47 Å². The van der Waals surface area contributed by atoms with Crippen LogP contribution in [0.15, 0.2) is 23.2 Å². The van der Waals surface area contributed by atoms with E-state index in [2.05, 4.69) is 40.7 Å². The molecule has 0 bridgehead atoms. The molecule has 1 spiro atoms. The fourth-order valence-corrected chi connectivity index (χ4v) is 5.59. The number of nitrogens with zero attached hydrogens (tertiary/aromatic N) is 1. The van der Waals surface area contributed by atoms with Gasteiger partial charge in [0, 0.05) is 37.6 Å². The van der Waals surface area contributed by atoms with E-state index in [1.807, 2.05) is 7.05 Å². The summed E-state index contributed by atoms with van der Waals surface area (Å²) in [6.07, 6.45) is 7.89. The maximum absolute atomic E-state index is 6.09. The normalized spacial score (nSPS) is 27.7. The van der Waals surface area contributed by atoms with Crippen LogP contribution in [-0.4, -0.2) is 45.4 Å². The predicted octanol–water partition coefficient (Wildman–Crippen LogP) is 3.68. The molecular formula is C22H34IN3O2. The number of hydrogen-bond donors (Lipinski definition) is 2. The monoisotopic (exact) mass is 499 g/mol. The van der Waals surface area contributed by atoms with E-state index in [0.29, 0.717) is 23.5 Å². The summed E-state index contributed by atoms with van der Waals surface area (Å²) in [5.74, 6) is 2.54. The van der Waals surface area contributed by atoms with Gasteiger partial charge in [0.25, 0.3) is 0 Å². The number of hydrogen-bond acceptors (Lipinski definition) is 3. The van der Waals surface area contributed by atoms with Crippen LogP contribution in [0.5, 0.6) is 5.75 Å². The Morgan fingerprint density at radius 3 is 2.82 bits per heavy atom. The lowest BCUT2D eigenvalue weighted by molar-refractivity contribution is -0.125. The van der Waals surface area contributed by atoms with Crippen molar-refractivity contribution >= 4 is 29.9 Å². The molecule has 2 N–H and O–H groups in total. The zero-order chi connectivity index (χ0) is 18.9. The Balaban J connectivity index is 0.00000225. The van der Waals surface area contributed by atoms with E-state index in [-0.39, 0.29) is 24.0 Å². The molecule has 2 saturated carbocycles. The lowest BCUT2D eigenvalue weighted by Gasteiger charge is -2.57. The fraction of sp³-hybridized carbons (Fsp3) is 0.682. The molecule has 1 aromatic carbocycles. The van der Waals surface area contributed by atoms with E-state index < -0.39 is 0 Å². The van der Waals surface area contributed by atoms with Gasteiger partial charge in [-0.2, -0.15) is 0 Å². The smallest absolute Gasteiger partial charge is 0.191 e. The highest BCUT2D eigenvalue weighted by atomic mass is 127. The average Bonchev–Trinajstić information content (AvgIpc) is 3.34. The molecule has 1 heterocycles. The van der Waals surface area contributed by atoms with Crippen molar-refractivity contribution in [1.82, 2.24) is 10.6 Å². The first kappa shape index (κ1) is 21.7.